The number of nitrogens with zero attached hydrogens (tertiary/aromatic N) is 5. The predicted octanol–water partition coefficient (Wildman–Crippen LogP) is 8.31. The Hall–Kier alpha value is -6.14. The number of amides is 3. The molecule has 62 heavy (non-hydrogen) atoms. The third-order valence-electron chi connectivity index (χ3n) is 13.4. The van der Waals surface area contributed by atoms with Crippen molar-refractivity contribution >= 4 is 57.9 Å². The van der Waals surface area contributed by atoms with Gasteiger partial charge in [0, 0.05) is 62.4 Å². The largest absolute Gasteiger partial charge is 0.493 e. The highest BCUT2D eigenvalue weighted by atomic mass is 32.2. The van der Waals surface area contributed by atoms with Gasteiger partial charge in [-0.2, -0.15) is 11.8 Å². The molecule has 0 fully saturated rings. The summed E-state index contributed by atoms with van der Waals surface area (Å²) in [6.45, 7) is 6.69. The molecule has 5 aromatic carbocycles. The van der Waals surface area contributed by atoms with Gasteiger partial charge in [0.1, 0.15) is 19.0 Å². The number of hydrogen-bond donors (Lipinski definition) is 0. The molecule has 0 aromatic heterocycles. The van der Waals surface area contributed by atoms with Crippen molar-refractivity contribution in [3.8, 4) is 17.2 Å². The van der Waals surface area contributed by atoms with Crippen LogP contribution < -0.4 is 38.7 Å². The smallest absolute Gasteiger partial charge is 0.260 e. The molecule has 4 aliphatic heterocycles. The second-order valence-electron chi connectivity index (χ2n) is 17.0. The summed E-state index contributed by atoms with van der Waals surface area (Å²) in [6.07, 6.45) is 3.51. The molecule has 4 heterocycles. The number of aryl methyl sites for hydroxylation is 1. The quantitative estimate of drug-likeness (QED) is 0.138. The van der Waals surface area contributed by atoms with E-state index in [0.717, 1.165) is 58.0 Å². The third-order valence-corrected chi connectivity index (χ3v) is 14.0. The van der Waals surface area contributed by atoms with Gasteiger partial charge in [-0.3, -0.25) is 14.4 Å². The molecular formula is C50H53N5O6S. The first kappa shape index (κ1) is 41.2. The number of ether oxygens (including phenoxy) is 3. The summed E-state index contributed by atoms with van der Waals surface area (Å²) in [6, 6.07) is 30.0. The lowest BCUT2D eigenvalue weighted by Gasteiger charge is -2.32. The van der Waals surface area contributed by atoms with Crippen molar-refractivity contribution in [2.24, 2.45) is 0 Å². The number of methoxy groups -OCH3 is 1. The molecule has 0 radical (unpaired) electrons. The van der Waals surface area contributed by atoms with E-state index in [4.69, 9.17) is 14.2 Å². The molecule has 4 atom stereocenters. The van der Waals surface area contributed by atoms with E-state index in [1.165, 1.54) is 22.9 Å². The zero-order valence-corrected chi connectivity index (χ0v) is 37.4. The number of likely N-dealkylation sites (N-methyl/N-ethyl adjacent to an activating group) is 2. The average Bonchev–Trinajstić information content (AvgIpc) is 3.84. The lowest BCUT2D eigenvalue weighted by atomic mass is 10.0. The SMILES string of the molecule is COc1cc2c(cc1OCc1cc(COc3cc4c(cc3C)C(=O)N3c5ccccc5C[C@H]3C(C)N4C)cc(N(C)C(=O)CSC)c1)N(C)C(C)[C@@H]1Cc3ccccc3N1C2=O. The van der Waals surface area contributed by atoms with E-state index in [1.54, 1.807) is 25.1 Å². The molecule has 9 rings (SSSR count). The van der Waals surface area contributed by atoms with Crippen LogP contribution in [0.5, 0.6) is 17.2 Å². The number of anilines is 5. The predicted molar refractivity (Wildman–Crippen MR) is 248 cm³/mol. The van der Waals surface area contributed by atoms with Crippen LogP contribution in [-0.4, -0.2) is 82.2 Å². The third kappa shape index (κ3) is 6.98. The second kappa shape index (κ2) is 16.3. The molecule has 0 saturated carbocycles. The molecular weight excluding hydrogens is 799 g/mol. The minimum absolute atomic E-state index is 0.000990. The van der Waals surface area contributed by atoms with Crippen LogP contribution in [-0.2, 0) is 30.8 Å². The number of fused-ring (bicyclic) bond motifs is 8. The first-order valence-corrected chi connectivity index (χ1v) is 22.6. The van der Waals surface area contributed by atoms with Gasteiger partial charge >= 0.3 is 0 Å². The Balaban J connectivity index is 0.997. The number of thioether (sulfide) groups is 1. The summed E-state index contributed by atoms with van der Waals surface area (Å²) in [5.74, 6) is 1.90. The number of rotatable bonds is 10. The molecule has 11 nitrogen and oxygen atoms in total. The standard InChI is InChI=1S/C50H53N5O6S/c1-29-17-37-43(51(4)30(2)41-21-34-13-9-11-15-39(34)54(41)49(37)57)24-45(29)60-26-32-18-33(20-36(19-32)53(6)48(56)28-62-8)27-61-47-25-44-38(23-46(47)59-7)50(58)55-40-16-12-10-14-35(40)22-42(55)31(3)52(44)5/h9-20,23-25,30-31,41-42H,21-22,26-28H2,1-8H3/t30?,31?,41-,42-/m0/s1. The van der Waals surface area contributed by atoms with Crippen molar-refractivity contribution < 1.29 is 28.6 Å². The highest BCUT2D eigenvalue weighted by molar-refractivity contribution is 7.99. The van der Waals surface area contributed by atoms with Gasteiger partial charge in [-0.15, -0.1) is 0 Å². The van der Waals surface area contributed by atoms with Gasteiger partial charge in [0.25, 0.3) is 11.8 Å². The number of hydrogen-bond acceptors (Lipinski definition) is 9. The first-order chi connectivity index (χ1) is 29.9. The molecule has 0 bridgehead atoms. The number of carbonyl (C=O) groups excluding carboxylic acids is 3. The van der Waals surface area contributed by atoms with Crippen LogP contribution in [0, 0.1) is 6.92 Å². The second-order valence-corrected chi connectivity index (χ2v) is 17.8. The van der Waals surface area contributed by atoms with Crippen molar-refractivity contribution in [1.29, 1.82) is 0 Å². The Morgan fingerprint density at radius 1 is 0.694 bits per heavy atom. The fourth-order valence-corrected chi connectivity index (χ4v) is 10.1. The van der Waals surface area contributed by atoms with Crippen LogP contribution in [0.1, 0.15) is 62.4 Å². The van der Waals surface area contributed by atoms with Crippen molar-refractivity contribution in [2.75, 3.05) is 64.8 Å². The Morgan fingerprint density at radius 2 is 1.19 bits per heavy atom. The van der Waals surface area contributed by atoms with Crippen LogP contribution >= 0.6 is 11.8 Å². The summed E-state index contributed by atoms with van der Waals surface area (Å²) in [5, 5.41) is 0. The molecule has 4 aliphatic rings. The molecule has 0 aliphatic carbocycles. The zero-order chi connectivity index (χ0) is 43.6. The Labute approximate surface area is 368 Å². The highest BCUT2D eigenvalue weighted by Gasteiger charge is 2.44. The summed E-state index contributed by atoms with van der Waals surface area (Å²) in [5.41, 5.74) is 10.4. The maximum atomic E-state index is 14.3. The molecule has 0 spiro atoms. The average molecular weight is 852 g/mol. The van der Waals surface area contributed by atoms with E-state index in [0.29, 0.717) is 34.1 Å². The van der Waals surface area contributed by atoms with Gasteiger partial charge in [-0.05, 0) is 110 Å². The van der Waals surface area contributed by atoms with Gasteiger partial charge in [0.15, 0.2) is 11.5 Å². The van der Waals surface area contributed by atoms with E-state index in [9.17, 15) is 14.4 Å². The van der Waals surface area contributed by atoms with E-state index < -0.39 is 0 Å². The summed E-state index contributed by atoms with van der Waals surface area (Å²) < 4.78 is 19.0. The minimum atomic E-state index is -0.0603. The summed E-state index contributed by atoms with van der Waals surface area (Å²) in [7, 11) is 7.45. The normalized spacial score (nSPS) is 19.7. The van der Waals surface area contributed by atoms with Crippen LogP contribution in [0.15, 0.2) is 91.0 Å². The Bertz CT molecular complexity index is 2620. The number of benzene rings is 5. The van der Waals surface area contributed by atoms with Crippen molar-refractivity contribution in [1.82, 2.24) is 0 Å². The van der Waals surface area contributed by atoms with E-state index in [-0.39, 0.29) is 55.1 Å². The lowest BCUT2D eigenvalue weighted by molar-refractivity contribution is -0.115. The van der Waals surface area contributed by atoms with E-state index in [1.807, 2.05) is 103 Å². The molecule has 5 aromatic rings. The Morgan fingerprint density at radius 3 is 1.73 bits per heavy atom. The monoisotopic (exact) mass is 851 g/mol. The van der Waals surface area contributed by atoms with Crippen LogP contribution in [0.4, 0.5) is 28.4 Å². The summed E-state index contributed by atoms with van der Waals surface area (Å²) in [4.78, 5) is 51.7. The van der Waals surface area contributed by atoms with Gasteiger partial charge in [-0.25, -0.2) is 0 Å². The van der Waals surface area contributed by atoms with Crippen molar-refractivity contribution in [2.45, 2.75) is 71.0 Å². The Kier molecular flexibility index (Phi) is 10.8. The molecule has 0 saturated heterocycles. The summed E-state index contributed by atoms with van der Waals surface area (Å²) >= 11 is 1.48. The van der Waals surface area contributed by atoms with E-state index in [2.05, 4.69) is 42.8 Å². The van der Waals surface area contributed by atoms with Gasteiger partial charge in [0.2, 0.25) is 5.91 Å². The zero-order valence-electron chi connectivity index (χ0n) is 36.6. The van der Waals surface area contributed by atoms with E-state index >= 15 is 0 Å². The maximum absolute atomic E-state index is 14.3. The van der Waals surface area contributed by atoms with Crippen molar-refractivity contribution in [3.05, 3.63) is 130 Å². The molecule has 12 heteroatoms. The van der Waals surface area contributed by atoms with Crippen LogP contribution in [0.2, 0.25) is 0 Å². The number of carbonyl (C=O) groups is 3. The minimum Gasteiger partial charge on any atom is -0.493 e. The van der Waals surface area contributed by atoms with Gasteiger partial charge in [-0.1, -0.05) is 36.4 Å². The maximum Gasteiger partial charge on any atom is 0.260 e. The fraction of sp³-hybridized carbons (Fsp3) is 0.340. The molecule has 2 unspecified atom stereocenters. The van der Waals surface area contributed by atoms with Crippen LogP contribution in [0.3, 0.4) is 0 Å². The van der Waals surface area contributed by atoms with Crippen molar-refractivity contribution in [3.63, 3.8) is 0 Å². The number of para-hydroxylation sites is 2. The van der Waals surface area contributed by atoms with Crippen LogP contribution in [0.25, 0.3) is 0 Å². The molecule has 0 N–H and O–H groups in total. The van der Waals surface area contributed by atoms with Gasteiger partial charge in [0.05, 0.1) is 47.4 Å². The molecule has 3 amide bonds. The fourth-order valence-electron chi connectivity index (χ4n) is 9.70. The highest BCUT2D eigenvalue weighted by Crippen LogP contribution is 2.45. The first-order valence-electron chi connectivity index (χ1n) is 21.2. The molecule has 320 valence electrons. The lowest BCUT2D eigenvalue weighted by Crippen LogP contribution is -2.47. The topological polar surface area (TPSA) is 95.1 Å². The van der Waals surface area contributed by atoms with Gasteiger partial charge < -0.3 is 38.7 Å².